The van der Waals surface area contributed by atoms with Gasteiger partial charge in [0.15, 0.2) is 0 Å². The second kappa shape index (κ2) is 7.46. The molecule has 28 heavy (non-hydrogen) atoms. The summed E-state index contributed by atoms with van der Waals surface area (Å²) in [6.07, 6.45) is 0.870. The lowest BCUT2D eigenvalue weighted by atomic mass is 9.97. The summed E-state index contributed by atoms with van der Waals surface area (Å²) in [6.45, 7) is 0. The fourth-order valence-corrected chi connectivity index (χ4v) is 5.14. The first-order valence-corrected chi connectivity index (χ1v) is 10.6. The van der Waals surface area contributed by atoms with Crippen molar-refractivity contribution >= 4 is 45.5 Å². The monoisotopic (exact) mass is 399 g/mol. The SMILES string of the molecule is Clc1ccc(C2=Nc3ccccc3SC(c3cccc4ccccc34)C2)cc1. The highest BCUT2D eigenvalue weighted by Crippen LogP contribution is 2.47. The van der Waals surface area contributed by atoms with Crippen molar-refractivity contribution in [3.8, 4) is 0 Å². The van der Waals surface area contributed by atoms with Gasteiger partial charge in [-0.15, -0.1) is 11.8 Å². The van der Waals surface area contributed by atoms with Crippen molar-refractivity contribution in [2.75, 3.05) is 0 Å². The summed E-state index contributed by atoms with van der Waals surface area (Å²) in [5.74, 6) is 0. The summed E-state index contributed by atoms with van der Waals surface area (Å²) in [4.78, 5) is 6.27. The standard InChI is InChI=1S/C25H18ClNS/c26-19-14-12-18(13-15-19)23-16-25(28-24-11-4-3-10-22(24)27-23)21-9-5-7-17-6-1-2-8-20(17)21/h1-15,25H,16H2. The lowest BCUT2D eigenvalue weighted by Gasteiger charge is -2.18. The molecule has 4 aromatic rings. The summed E-state index contributed by atoms with van der Waals surface area (Å²) in [6, 6.07) is 31.7. The van der Waals surface area contributed by atoms with Gasteiger partial charge in [0.1, 0.15) is 0 Å². The van der Waals surface area contributed by atoms with Gasteiger partial charge in [-0.3, -0.25) is 4.99 Å². The van der Waals surface area contributed by atoms with Crippen LogP contribution in [-0.2, 0) is 0 Å². The summed E-state index contributed by atoms with van der Waals surface area (Å²) in [5, 5.41) is 3.64. The fourth-order valence-electron chi connectivity index (χ4n) is 3.74. The number of fused-ring (bicyclic) bond motifs is 2. The minimum atomic E-state index is 0.296. The number of aliphatic imine (C=N–C) groups is 1. The smallest absolute Gasteiger partial charge is 0.0769 e. The van der Waals surface area contributed by atoms with E-state index in [1.54, 1.807) is 0 Å². The van der Waals surface area contributed by atoms with Crippen molar-refractivity contribution in [1.82, 2.24) is 0 Å². The normalized spacial score (nSPS) is 16.3. The zero-order chi connectivity index (χ0) is 18.9. The van der Waals surface area contributed by atoms with Gasteiger partial charge in [-0.25, -0.2) is 0 Å². The Kier molecular flexibility index (Phi) is 4.67. The van der Waals surface area contributed by atoms with Crippen molar-refractivity contribution in [3.05, 3.63) is 107 Å². The molecule has 0 saturated heterocycles. The summed E-state index contributed by atoms with van der Waals surface area (Å²) >= 11 is 8.02. The van der Waals surface area contributed by atoms with Crippen LogP contribution in [0.5, 0.6) is 0 Å². The van der Waals surface area contributed by atoms with Crippen LogP contribution >= 0.6 is 23.4 Å². The summed E-state index contributed by atoms with van der Waals surface area (Å²) in [7, 11) is 0. The van der Waals surface area contributed by atoms with Gasteiger partial charge in [-0.05, 0) is 46.2 Å². The van der Waals surface area contributed by atoms with Crippen LogP contribution in [0.15, 0.2) is 101 Å². The number of hydrogen-bond donors (Lipinski definition) is 0. The van der Waals surface area contributed by atoms with Gasteiger partial charge in [-0.2, -0.15) is 0 Å². The van der Waals surface area contributed by atoms with Crippen molar-refractivity contribution in [2.24, 2.45) is 4.99 Å². The van der Waals surface area contributed by atoms with E-state index < -0.39 is 0 Å². The molecule has 0 radical (unpaired) electrons. The molecule has 0 fully saturated rings. The first-order valence-electron chi connectivity index (χ1n) is 9.35. The third kappa shape index (κ3) is 3.34. The average Bonchev–Trinajstić information content (AvgIpc) is 2.93. The number of hydrogen-bond acceptors (Lipinski definition) is 2. The second-order valence-corrected chi connectivity index (χ2v) is 8.59. The Morgan fingerprint density at radius 3 is 2.43 bits per heavy atom. The predicted octanol–water partition coefficient (Wildman–Crippen LogP) is 7.85. The van der Waals surface area contributed by atoms with Crippen LogP contribution in [0.3, 0.4) is 0 Å². The number of rotatable bonds is 2. The lowest BCUT2D eigenvalue weighted by Crippen LogP contribution is -2.05. The lowest BCUT2D eigenvalue weighted by molar-refractivity contribution is 1.02. The van der Waals surface area contributed by atoms with Crippen LogP contribution in [0.25, 0.3) is 10.8 Å². The number of thioether (sulfide) groups is 1. The van der Waals surface area contributed by atoms with E-state index in [4.69, 9.17) is 16.6 Å². The fraction of sp³-hybridized carbons (Fsp3) is 0.0800. The van der Waals surface area contributed by atoms with Gasteiger partial charge in [0, 0.05) is 27.3 Å². The second-order valence-electron chi connectivity index (χ2n) is 6.91. The Morgan fingerprint density at radius 2 is 1.54 bits per heavy atom. The van der Waals surface area contributed by atoms with Crippen LogP contribution in [0.1, 0.15) is 22.8 Å². The molecule has 1 unspecified atom stereocenters. The zero-order valence-electron chi connectivity index (χ0n) is 15.2. The summed E-state index contributed by atoms with van der Waals surface area (Å²) in [5.41, 5.74) is 4.64. The van der Waals surface area contributed by atoms with E-state index in [2.05, 4.69) is 78.9 Å². The molecule has 3 heteroatoms. The molecule has 0 spiro atoms. The molecule has 0 bridgehead atoms. The Morgan fingerprint density at radius 1 is 0.786 bits per heavy atom. The number of halogens is 1. The molecule has 1 nitrogen and oxygen atoms in total. The highest BCUT2D eigenvalue weighted by Gasteiger charge is 2.23. The third-order valence-corrected chi connectivity index (χ3v) is 6.67. The van der Waals surface area contributed by atoms with Crippen LogP contribution in [0.2, 0.25) is 5.02 Å². The summed E-state index contributed by atoms with van der Waals surface area (Å²) < 4.78 is 0. The van der Waals surface area contributed by atoms with Gasteiger partial charge in [-0.1, -0.05) is 78.3 Å². The van der Waals surface area contributed by atoms with Crippen molar-refractivity contribution in [1.29, 1.82) is 0 Å². The van der Waals surface area contributed by atoms with E-state index in [9.17, 15) is 0 Å². The van der Waals surface area contributed by atoms with E-state index in [0.717, 1.165) is 28.4 Å². The molecule has 1 aliphatic heterocycles. The predicted molar refractivity (Wildman–Crippen MR) is 121 cm³/mol. The zero-order valence-corrected chi connectivity index (χ0v) is 16.8. The van der Waals surface area contributed by atoms with E-state index in [-0.39, 0.29) is 0 Å². The minimum absolute atomic E-state index is 0.296. The van der Waals surface area contributed by atoms with E-state index in [0.29, 0.717) is 5.25 Å². The molecule has 0 saturated carbocycles. The molecule has 0 aromatic heterocycles. The molecule has 4 aromatic carbocycles. The van der Waals surface area contributed by atoms with Crippen LogP contribution < -0.4 is 0 Å². The highest BCUT2D eigenvalue weighted by molar-refractivity contribution is 7.99. The van der Waals surface area contributed by atoms with E-state index in [1.807, 2.05) is 23.9 Å². The van der Waals surface area contributed by atoms with Crippen LogP contribution in [0, 0.1) is 0 Å². The maximum atomic E-state index is 6.11. The maximum Gasteiger partial charge on any atom is 0.0769 e. The molecule has 0 N–H and O–H groups in total. The quantitative estimate of drug-likeness (QED) is 0.334. The largest absolute Gasteiger partial charge is 0.252 e. The Labute approximate surface area is 174 Å². The van der Waals surface area contributed by atoms with E-state index in [1.165, 1.54) is 21.2 Å². The number of benzene rings is 4. The molecular formula is C25H18ClNS. The van der Waals surface area contributed by atoms with Crippen molar-refractivity contribution < 1.29 is 0 Å². The molecule has 136 valence electrons. The molecule has 5 rings (SSSR count). The van der Waals surface area contributed by atoms with Gasteiger partial charge >= 0.3 is 0 Å². The minimum Gasteiger partial charge on any atom is -0.252 e. The van der Waals surface area contributed by atoms with Crippen molar-refractivity contribution in [2.45, 2.75) is 16.6 Å². The van der Waals surface area contributed by atoms with Gasteiger partial charge in [0.2, 0.25) is 0 Å². The molecule has 1 atom stereocenters. The van der Waals surface area contributed by atoms with Gasteiger partial charge < -0.3 is 0 Å². The first-order chi connectivity index (χ1) is 13.8. The Bertz CT molecular complexity index is 1180. The Hall–Kier alpha value is -2.55. The van der Waals surface area contributed by atoms with Crippen LogP contribution in [-0.4, -0.2) is 5.71 Å². The number of para-hydroxylation sites is 1. The third-order valence-electron chi connectivity index (χ3n) is 5.12. The highest BCUT2D eigenvalue weighted by atomic mass is 35.5. The van der Waals surface area contributed by atoms with Crippen LogP contribution in [0.4, 0.5) is 5.69 Å². The first kappa shape index (κ1) is 17.5. The molecular weight excluding hydrogens is 382 g/mol. The Balaban J connectivity index is 1.65. The van der Waals surface area contributed by atoms with Gasteiger partial charge in [0.05, 0.1) is 5.69 Å². The maximum absolute atomic E-state index is 6.11. The van der Waals surface area contributed by atoms with Gasteiger partial charge in [0.25, 0.3) is 0 Å². The molecule has 1 aliphatic rings. The topological polar surface area (TPSA) is 12.4 Å². The molecule has 1 heterocycles. The molecule has 0 amide bonds. The number of nitrogens with zero attached hydrogens (tertiary/aromatic N) is 1. The van der Waals surface area contributed by atoms with E-state index >= 15 is 0 Å². The van der Waals surface area contributed by atoms with Crippen molar-refractivity contribution in [3.63, 3.8) is 0 Å². The average molecular weight is 400 g/mol. The molecule has 0 aliphatic carbocycles.